The van der Waals surface area contributed by atoms with E-state index in [2.05, 4.69) is 19.9 Å². The molecule has 5 rings (SSSR count). The molecule has 0 bridgehead atoms. The zero-order chi connectivity index (χ0) is 22.3. The van der Waals surface area contributed by atoms with Crippen LogP contribution < -0.4 is 4.74 Å². The van der Waals surface area contributed by atoms with Crippen LogP contribution in [0.2, 0.25) is 0 Å². The minimum atomic E-state index is -4.51. The predicted octanol–water partition coefficient (Wildman–Crippen LogP) is 4.42. The maximum Gasteiger partial charge on any atom is 0.431 e. The highest BCUT2D eigenvalue weighted by atomic mass is 19.4. The number of fused-ring (bicyclic) bond motifs is 2. The molecule has 1 fully saturated rings. The van der Waals surface area contributed by atoms with Gasteiger partial charge in [-0.15, -0.1) is 0 Å². The van der Waals surface area contributed by atoms with Crippen molar-refractivity contribution < 1.29 is 27.4 Å². The van der Waals surface area contributed by atoms with Gasteiger partial charge in [0.15, 0.2) is 5.82 Å². The van der Waals surface area contributed by atoms with Crippen LogP contribution in [0.15, 0.2) is 41.7 Å². The summed E-state index contributed by atoms with van der Waals surface area (Å²) < 4.78 is 56.9. The molecule has 32 heavy (non-hydrogen) atoms. The summed E-state index contributed by atoms with van der Waals surface area (Å²) in [6.45, 7) is 0.767. The third-order valence-corrected chi connectivity index (χ3v) is 5.95. The van der Waals surface area contributed by atoms with E-state index in [4.69, 9.17) is 14.2 Å². The summed E-state index contributed by atoms with van der Waals surface area (Å²) in [4.78, 5) is 14.7. The molecule has 1 aromatic carbocycles. The number of ether oxygens (including phenoxy) is 3. The van der Waals surface area contributed by atoms with Crippen LogP contribution in [0, 0.1) is 0 Å². The molecule has 2 atom stereocenters. The Bertz CT molecular complexity index is 1160. The van der Waals surface area contributed by atoms with Gasteiger partial charge in [0.05, 0.1) is 23.5 Å². The molecule has 2 unspecified atom stereocenters. The summed E-state index contributed by atoms with van der Waals surface area (Å²) in [6.07, 6.45) is -0.0928. The molecule has 1 aliphatic carbocycles. The van der Waals surface area contributed by atoms with Gasteiger partial charge in [-0.3, -0.25) is 0 Å². The quantitative estimate of drug-likeness (QED) is 0.567. The third-order valence-electron chi connectivity index (χ3n) is 5.95. The Morgan fingerprint density at radius 2 is 2.09 bits per heavy atom. The normalized spacial score (nSPS) is 22.1. The Morgan fingerprint density at radius 1 is 1.28 bits per heavy atom. The fraction of sp³-hybridized carbons (Fsp3) is 0.409. The second-order valence-electron chi connectivity index (χ2n) is 8.03. The first-order chi connectivity index (χ1) is 15.4. The van der Waals surface area contributed by atoms with Crippen molar-refractivity contribution in [3.05, 3.63) is 47.9 Å². The Kier molecular flexibility index (Phi) is 5.13. The number of methoxy groups -OCH3 is 1. The zero-order valence-corrected chi connectivity index (χ0v) is 17.2. The van der Waals surface area contributed by atoms with E-state index in [0.717, 1.165) is 30.2 Å². The number of alkyl halides is 3. The number of hydrogen-bond donors (Lipinski definition) is 1. The van der Waals surface area contributed by atoms with Gasteiger partial charge in [-0.05, 0) is 25.0 Å². The van der Waals surface area contributed by atoms with E-state index >= 15 is 0 Å². The monoisotopic (exact) mass is 446 g/mol. The highest BCUT2D eigenvalue weighted by Crippen LogP contribution is 2.41. The molecule has 0 spiro atoms. The molecule has 7 nitrogen and oxygen atoms in total. The smallest absolute Gasteiger partial charge is 0.431 e. The molecule has 0 radical (unpaired) electrons. The summed E-state index contributed by atoms with van der Waals surface area (Å²) in [5, 5.41) is 0.199. The second-order valence-corrected chi connectivity index (χ2v) is 8.03. The van der Waals surface area contributed by atoms with Gasteiger partial charge in [0, 0.05) is 18.9 Å². The number of halogens is 3. The maximum absolute atomic E-state index is 13.1. The Hall–Kier alpha value is -2.98. The molecule has 1 saturated carbocycles. The number of aromatic amines is 1. The fourth-order valence-electron chi connectivity index (χ4n) is 3.83. The summed E-state index contributed by atoms with van der Waals surface area (Å²) >= 11 is 0. The Morgan fingerprint density at radius 3 is 2.84 bits per heavy atom. The van der Waals surface area contributed by atoms with Crippen LogP contribution in [0.25, 0.3) is 11.0 Å². The standard InChI is InChI=1S/C22H21F3N4O3/c1-30-21(6-7-21)11-32-17-10-31-16-5-3-2-4-13(16)15(17)9-26-19-14-8-18(22(23,24)25)29-20(14)28-12-27-19/h2-5,8-9,12,15,17H,6-7,10-11H2,1H3,(H,27,28,29). The van der Waals surface area contributed by atoms with E-state index in [9.17, 15) is 13.2 Å². The Labute approximate surface area is 181 Å². The average Bonchev–Trinajstić information content (AvgIpc) is 3.43. The highest BCUT2D eigenvalue weighted by Gasteiger charge is 2.45. The van der Waals surface area contributed by atoms with Gasteiger partial charge in [0.2, 0.25) is 0 Å². The van der Waals surface area contributed by atoms with Gasteiger partial charge in [-0.25, -0.2) is 15.0 Å². The first-order valence-electron chi connectivity index (χ1n) is 10.2. The topological polar surface area (TPSA) is 81.6 Å². The highest BCUT2D eigenvalue weighted by molar-refractivity contribution is 5.88. The molecule has 0 saturated heterocycles. The van der Waals surface area contributed by atoms with Crippen molar-refractivity contribution in [2.45, 2.75) is 36.6 Å². The lowest BCUT2D eigenvalue weighted by Crippen LogP contribution is -2.37. The predicted molar refractivity (Wildman–Crippen MR) is 110 cm³/mol. The number of aromatic nitrogens is 3. The van der Waals surface area contributed by atoms with Gasteiger partial charge < -0.3 is 19.2 Å². The number of H-pyrrole nitrogens is 1. The number of aliphatic imine (C=N–C) groups is 1. The molecule has 3 aromatic rings. The van der Waals surface area contributed by atoms with E-state index in [1.54, 1.807) is 13.3 Å². The molecule has 1 aliphatic heterocycles. The summed E-state index contributed by atoms with van der Waals surface area (Å²) in [6, 6.07) is 8.55. The van der Waals surface area contributed by atoms with Gasteiger partial charge in [-0.1, -0.05) is 18.2 Å². The van der Waals surface area contributed by atoms with Crippen molar-refractivity contribution in [3.8, 4) is 5.75 Å². The van der Waals surface area contributed by atoms with Gasteiger partial charge in [0.25, 0.3) is 0 Å². The van der Waals surface area contributed by atoms with E-state index in [0.29, 0.717) is 13.2 Å². The van der Waals surface area contributed by atoms with Crippen LogP contribution in [0.3, 0.4) is 0 Å². The first kappa shape index (κ1) is 20.9. The summed E-state index contributed by atoms with van der Waals surface area (Å²) in [7, 11) is 1.68. The minimum absolute atomic E-state index is 0.0791. The summed E-state index contributed by atoms with van der Waals surface area (Å²) in [5.41, 5.74) is -0.159. The second kappa shape index (κ2) is 7.86. The van der Waals surface area contributed by atoms with Gasteiger partial charge in [0.1, 0.15) is 36.1 Å². The van der Waals surface area contributed by atoms with Crippen LogP contribution >= 0.6 is 0 Å². The van der Waals surface area contributed by atoms with Crippen molar-refractivity contribution in [3.63, 3.8) is 0 Å². The molecule has 1 N–H and O–H groups in total. The number of nitrogens with one attached hydrogen (secondary N) is 1. The molecule has 0 amide bonds. The third kappa shape index (κ3) is 3.95. The molecular weight excluding hydrogens is 425 g/mol. The van der Waals surface area contributed by atoms with Crippen molar-refractivity contribution in [2.24, 2.45) is 4.99 Å². The van der Waals surface area contributed by atoms with Crippen LogP contribution in [0.5, 0.6) is 5.75 Å². The van der Waals surface area contributed by atoms with Crippen molar-refractivity contribution >= 4 is 23.1 Å². The van der Waals surface area contributed by atoms with Crippen LogP contribution in [-0.4, -0.2) is 53.2 Å². The van der Waals surface area contributed by atoms with Crippen LogP contribution in [0.4, 0.5) is 19.0 Å². The lowest BCUT2D eigenvalue weighted by Gasteiger charge is -2.32. The number of para-hydroxylation sites is 1. The van der Waals surface area contributed by atoms with E-state index in [1.165, 1.54) is 6.33 Å². The lowest BCUT2D eigenvalue weighted by atomic mass is 9.91. The molecule has 10 heteroatoms. The van der Waals surface area contributed by atoms with Crippen LogP contribution in [-0.2, 0) is 15.7 Å². The number of rotatable bonds is 6. The van der Waals surface area contributed by atoms with E-state index in [1.807, 2.05) is 24.3 Å². The van der Waals surface area contributed by atoms with Gasteiger partial charge >= 0.3 is 6.18 Å². The Balaban J connectivity index is 1.46. The minimum Gasteiger partial charge on any atom is -0.491 e. The van der Waals surface area contributed by atoms with Crippen LogP contribution in [0.1, 0.15) is 30.0 Å². The first-order valence-corrected chi connectivity index (χ1v) is 10.2. The number of hydrogen-bond acceptors (Lipinski definition) is 6. The summed E-state index contributed by atoms with van der Waals surface area (Å²) in [5.74, 6) is 0.615. The molecule has 2 aromatic heterocycles. The molecule has 3 heterocycles. The number of nitrogens with zero attached hydrogens (tertiary/aromatic N) is 3. The van der Waals surface area contributed by atoms with Crippen molar-refractivity contribution in [1.82, 2.24) is 15.0 Å². The number of benzene rings is 1. The maximum atomic E-state index is 13.1. The zero-order valence-electron chi connectivity index (χ0n) is 17.2. The fourth-order valence-corrected chi connectivity index (χ4v) is 3.83. The van der Waals surface area contributed by atoms with Crippen molar-refractivity contribution in [1.29, 1.82) is 0 Å². The molecular formula is C22H21F3N4O3. The van der Waals surface area contributed by atoms with Crippen molar-refractivity contribution in [2.75, 3.05) is 20.3 Å². The largest absolute Gasteiger partial charge is 0.491 e. The van der Waals surface area contributed by atoms with Gasteiger partial charge in [-0.2, -0.15) is 13.2 Å². The SMILES string of the molecule is COC1(COC2COc3ccccc3C2C=Nc2ncnc3[nH]c(C(F)(F)F)cc23)CC1. The molecule has 168 valence electrons. The average molecular weight is 446 g/mol. The molecule has 2 aliphatic rings. The van der Waals surface area contributed by atoms with E-state index < -0.39 is 11.9 Å². The van der Waals surface area contributed by atoms with E-state index in [-0.39, 0.29) is 34.5 Å². The lowest BCUT2D eigenvalue weighted by molar-refractivity contribution is -0.140.